The summed E-state index contributed by atoms with van der Waals surface area (Å²) in [5.74, 6) is -4.24. The average molecular weight is 573 g/mol. The molecule has 3 aliphatic rings. The average Bonchev–Trinajstić information content (AvgIpc) is 2.97. The Labute approximate surface area is 233 Å². The van der Waals surface area contributed by atoms with E-state index in [2.05, 4.69) is 0 Å². The molecular formula is C28H44O12. The molecular weight excluding hydrogens is 528 g/mol. The molecule has 0 radical (unpaired) electrons. The van der Waals surface area contributed by atoms with Gasteiger partial charge in [-0.3, -0.25) is 19.2 Å². The molecule has 40 heavy (non-hydrogen) atoms. The van der Waals surface area contributed by atoms with Gasteiger partial charge in [-0.25, -0.2) is 0 Å². The molecule has 1 aromatic carbocycles. The summed E-state index contributed by atoms with van der Waals surface area (Å²) in [5, 5.41) is 67.4. The van der Waals surface area contributed by atoms with Gasteiger partial charge in [-0.2, -0.15) is 0 Å². The molecule has 12 heteroatoms. The van der Waals surface area contributed by atoms with Crippen LogP contribution >= 0.6 is 0 Å². The number of carboxylic acids is 3. The van der Waals surface area contributed by atoms with Crippen LogP contribution in [0.1, 0.15) is 96.3 Å². The molecule has 0 aliphatic heterocycles. The second-order valence-electron chi connectivity index (χ2n) is 9.93. The molecule has 0 unspecified atom stereocenters. The maximum absolute atomic E-state index is 10.4. The van der Waals surface area contributed by atoms with Gasteiger partial charge in [0.15, 0.2) is 11.5 Å². The monoisotopic (exact) mass is 572 g/mol. The molecule has 0 amide bonds. The highest BCUT2D eigenvalue weighted by Crippen LogP contribution is 2.40. The molecule has 228 valence electrons. The fraction of sp³-hybridized carbons (Fsp3) is 0.643. The summed E-state index contributed by atoms with van der Waals surface area (Å²) in [7, 11) is 0. The number of hydrogen-bond donors (Lipinski definition) is 8. The molecule has 3 fully saturated rings. The standard InChI is InChI=1S/3C7H12O2.C6H6O4.CH2O2/c3*8-7(9)6-4-2-1-3-5-6;7-3-1-2-4(8)6(10)5(3)9;2-1-3/h3*6H,1-5H2,(H,8,9);1-2,7-10H;1H,(H,2,3). The molecule has 0 atom stereocenters. The minimum atomic E-state index is -0.708. The van der Waals surface area contributed by atoms with Crippen LogP contribution in [0.25, 0.3) is 0 Å². The predicted molar refractivity (Wildman–Crippen MR) is 144 cm³/mol. The van der Waals surface area contributed by atoms with Crippen LogP contribution in [0.2, 0.25) is 0 Å². The first-order valence-corrected chi connectivity index (χ1v) is 13.6. The fourth-order valence-corrected chi connectivity index (χ4v) is 4.61. The lowest BCUT2D eigenvalue weighted by Gasteiger charge is -2.16. The summed E-state index contributed by atoms with van der Waals surface area (Å²) in [6.07, 6.45) is 15.7. The normalized spacial score (nSPS) is 17.4. The zero-order valence-corrected chi connectivity index (χ0v) is 22.8. The van der Waals surface area contributed by atoms with E-state index >= 15 is 0 Å². The summed E-state index contributed by atoms with van der Waals surface area (Å²) < 4.78 is 0. The quantitative estimate of drug-likeness (QED) is 0.133. The number of phenols is 4. The summed E-state index contributed by atoms with van der Waals surface area (Å²) in [4.78, 5) is 39.4. The van der Waals surface area contributed by atoms with E-state index < -0.39 is 40.9 Å². The Hall–Kier alpha value is -3.70. The van der Waals surface area contributed by atoms with Crippen molar-refractivity contribution in [2.24, 2.45) is 17.8 Å². The third-order valence-electron chi connectivity index (χ3n) is 6.97. The Bertz CT molecular complexity index is 790. The highest BCUT2D eigenvalue weighted by atomic mass is 16.4. The van der Waals surface area contributed by atoms with Crippen LogP contribution in [-0.2, 0) is 19.2 Å². The first kappa shape index (κ1) is 36.3. The predicted octanol–water partition coefficient (Wildman–Crippen LogP) is 5.16. The first-order valence-electron chi connectivity index (χ1n) is 13.6. The Balaban J connectivity index is 0.000000491. The van der Waals surface area contributed by atoms with Gasteiger partial charge in [-0.1, -0.05) is 57.8 Å². The van der Waals surface area contributed by atoms with Gasteiger partial charge in [0.2, 0.25) is 11.5 Å². The second-order valence-corrected chi connectivity index (χ2v) is 9.93. The van der Waals surface area contributed by atoms with Crippen molar-refractivity contribution in [2.75, 3.05) is 0 Å². The molecule has 0 bridgehead atoms. The number of carboxylic acid groups (broad SMARTS) is 4. The van der Waals surface area contributed by atoms with Gasteiger partial charge in [0.25, 0.3) is 6.47 Å². The van der Waals surface area contributed by atoms with Gasteiger partial charge < -0.3 is 40.9 Å². The Kier molecular flexibility index (Phi) is 19.2. The van der Waals surface area contributed by atoms with Crippen molar-refractivity contribution >= 4 is 24.4 Å². The van der Waals surface area contributed by atoms with Crippen LogP contribution in [0.5, 0.6) is 23.0 Å². The van der Waals surface area contributed by atoms with E-state index in [-0.39, 0.29) is 24.2 Å². The maximum atomic E-state index is 10.4. The highest BCUT2D eigenvalue weighted by molar-refractivity contribution is 5.70. The number of carbonyl (C=O) groups is 4. The van der Waals surface area contributed by atoms with Crippen LogP contribution in [0, 0.1) is 17.8 Å². The summed E-state index contributed by atoms with van der Waals surface area (Å²) in [6.45, 7) is -0.250. The van der Waals surface area contributed by atoms with Gasteiger partial charge in [0, 0.05) is 0 Å². The fourth-order valence-electron chi connectivity index (χ4n) is 4.61. The van der Waals surface area contributed by atoms with Crippen molar-refractivity contribution in [1.82, 2.24) is 0 Å². The Morgan fingerprint density at radius 2 is 0.725 bits per heavy atom. The SMILES string of the molecule is O=C(O)C1CCCCC1.O=C(O)C1CCCCC1.O=C(O)C1CCCCC1.O=CO.Oc1ccc(O)c(O)c1O. The van der Waals surface area contributed by atoms with Crippen molar-refractivity contribution in [1.29, 1.82) is 0 Å². The molecule has 0 heterocycles. The van der Waals surface area contributed by atoms with E-state index in [1.165, 1.54) is 19.3 Å². The second kappa shape index (κ2) is 21.2. The van der Waals surface area contributed by atoms with Crippen molar-refractivity contribution in [2.45, 2.75) is 96.3 Å². The van der Waals surface area contributed by atoms with Crippen LogP contribution in [0.4, 0.5) is 0 Å². The van der Waals surface area contributed by atoms with Crippen LogP contribution < -0.4 is 0 Å². The van der Waals surface area contributed by atoms with Gasteiger partial charge in [0.05, 0.1) is 17.8 Å². The number of phenolic OH excluding ortho intramolecular Hbond substituents is 4. The molecule has 3 saturated carbocycles. The lowest BCUT2D eigenvalue weighted by molar-refractivity contribution is -0.143. The molecule has 0 aromatic heterocycles. The Morgan fingerprint density at radius 3 is 0.875 bits per heavy atom. The highest BCUT2D eigenvalue weighted by Gasteiger charge is 2.20. The lowest BCUT2D eigenvalue weighted by atomic mass is 9.90. The third-order valence-corrected chi connectivity index (χ3v) is 6.97. The molecule has 8 N–H and O–H groups in total. The van der Waals surface area contributed by atoms with E-state index in [1.54, 1.807) is 0 Å². The number of aromatic hydroxyl groups is 4. The molecule has 4 rings (SSSR count). The zero-order valence-electron chi connectivity index (χ0n) is 22.8. The molecule has 0 saturated heterocycles. The van der Waals surface area contributed by atoms with E-state index in [4.69, 9.17) is 45.6 Å². The first-order chi connectivity index (χ1) is 19.0. The number of benzene rings is 1. The smallest absolute Gasteiger partial charge is 0.306 e. The number of hydrogen-bond acceptors (Lipinski definition) is 8. The molecule has 1 aromatic rings. The number of rotatable bonds is 3. The number of aliphatic carboxylic acids is 3. The van der Waals surface area contributed by atoms with Crippen LogP contribution in [0.3, 0.4) is 0 Å². The molecule has 3 aliphatic carbocycles. The minimum Gasteiger partial charge on any atom is -0.504 e. The van der Waals surface area contributed by atoms with E-state index in [0.717, 1.165) is 89.2 Å². The molecule has 0 spiro atoms. The summed E-state index contributed by atoms with van der Waals surface area (Å²) >= 11 is 0. The maximum Gasteiger partial charge on any atom is 0.306 e. The van der Waals surface area contributed by atoms with Gasteiger partial charge in [-0.15, -0.1) is 0 Å². The van der Waals surface area contributed by atoms with Crippen LogP contribution in [0.15, 0.2) is 12.1 Å². The van der Waals surface area contributed by atoms with E-state index in [0.29, 0.717) is 0 Å². The van der Waals surface area contributed by atoms with Crippen molar-refractivity contribution in [3.8, 4) is 23.0 Å². The van der Waals surface area contributed by atoms with E-state index in [1.807, 2.05) is 0 Å². The third kappa shape index (κ3) is 15.6. The summed E-state index contributed by atoms with van der Waals surface area (Å²) in [6, 6.07) is 2.15. The van der Waals surface area contributed by atoms with Gasteiger partial charge in [0.1, 0.15) is 0 Å². The van der Waals surface area contributed by atoms with Gasteiger partial charge >= 0.3 is 17.9 Å². The van der Waals surface area contributed by atoms with Gasteiger partial charge in [-0.05, 0) is 50.7 Å². The zero-order chi connectivity index (χ0) is 30.5. The van der Waals surface area contributed by atoms with Crippen molar-refractivity contribution < 1.29 is 60.0 Å². The van der Waals surface area contributed by atoms with Crippen molar-refractivity contribution in [3.63, 3.8) is 0 Å². The molecule has 12 nitrogen and oxygen atoms in total. The largest absolute Gasteiger partial charge is 0.504 e. The van der Waals surface area contributed by atoms with E-state index in [9.17, 15) is 14.4 Å². The Morgan fingerprint density at radius 1 is 0.525 bits per heavy atom. The van der Waals surface area contributed by atoms with Crippen LogP contribution in [-0.4, -0.2) is 65.2 Å². The van der Waals surface area contributed by atoms with Crippen molar-refractivity contribution in [3.05, 3.63) is 12.1 Å². The lowest BCUT2D eigenvalue weighted by Crippen LogP contribution is -2.16. The summed E-state index contributed by atoms with van der Waals surface area (Å²) in [5.41, 5.74) is 0. The minimum absolute atomic E-state index is 0.0289. The topological polar surface area (TPSA) is 230 Å².